The number of benzene rings is 1. The van der Waals surface area contributed by atoms with Crippen molar-refractivity contribution in [3.05, 3.63) is 34.4 Å². The number of ether oxygens (including phenoxy) is 1. The van der Waals surface area contributed by atoms with Crippen molar-refractivity contribution < 1.29 is 19.1 Å². The van der Waals surface area contributed by atoms with Crippen LogP contribution in [0, 0.1) is 20.8 Å². The third kappa shape index (κ3) is 5.81. The molecule has 0 aliphatic carbocycles. The number of methoxy groups -OCH3 is 1. The van der Waals surface area contributed by atoms with Crippen LogP contribution in [0.2, 0.25) is 0 Å². The monoisotopic (exact) mass is 374 g/mol. The van der Waals surface area contributed by atoms with Gasteiger partial charge in [-0.25, -0.2) is 0 Å². The molecule has 2 rings (SSSR count). The molecule has 1 aliphatic rings. The zero-order valence-electron chi connectivity index (χ0n) is 16.8. The largest absolute Gasteiger partial charge is 0.469 e. The molecule has 0 saturated carbocycles. The van der Waals surface area contributed by atoms with Gasteiger partial charge in [-0.05, 0) is 43.9 Å². The van der Waals surface area contributed by atoms with Gasteiger partial charge in [0, 0.05) is 32.6 Å². The van der Waals surface area contributed by atoms with Crippen LogP contribution >= 0.6 is 0 Å². The van der Waals surface area contributed by atoms with E-state index in [9.17, 15) is 14.4 Å². The predicted molar refractivity (Wildman–Crippen MR) is 103 cm³/mol. The summed E-state index contributed by atoms with van der Waals surface area (Å²) in [7, 11) is 1.32. The molecule has 1 heterocycles. The first kappa shape index (κ1) is 20.9. The number of nitrogens with zero attached hydrogens (tertiary/aromatic N) is 2. The van der Waals surface area contributed by atoms with Crippen LogP contribution in [0.1, 0.15) is 41.5 Å². The third-order valence-corrected chi connectivity index (χ3v) is 5.14. The second-order valence-electron chi connectivity index (χ2n) is 7.25. The minimum Gasteiger partial charge on any atom is -0.469 e. The van der Waals surface area contributed by atoms with E-state index in [4.69, 9.17) is 0 Å². The van der Waals surface area contributed by atoms with Crippen molar-refractivity contribution >= 4 is 17.8 Å². The molecule has 6 heteroatoms. The maximum absolute atomic E-state index is 12.8. The molecule has 2 amide bonds. The SMILES string of the molecule is COC(=O)CCC(=O)N1CCCN(C(=O)Cc2c(C)cc(C)cc2C)CC1. The Morgan fingerprint density at radius 3 is 2.00 bits per heavy atom. The van der Waals surface area contributed by atoms with Crippen molar-refractivity contribution in [2.24, 2.45) is 0 Å². The van der Waals surface area contributed by atoms with Crippen LogP contribution in [-0.2, 0) is 25.5 Å². The van der Waals surface area contributed by atoms with Crippen LogP contribution in [0.5, 0.6) is 0 Å². The molecule has 0 spiro atoms. The lowest BCUT2D eigenvalue weighted by molar-refractivity contribution is -0.143. The summed E-state index contributed by atoms with van der Waals surface area (Å²) in [4.78, 5) is 39.9. The highest BCUT2D eigenvalue weighted by molar-refractivity contribution is 5.82. The Balaban J connectivity index is 1.93. The van der Waals surface area contributed by atoms with E-state index in [1.165, 1.54) is 12.7 Å². The Kier molecular flexibility index (Phi) is 7.39. The fourth-order valence-electron chi connectivity index (χ4n) is 3.64. The van der Waals surface area contributed by atoms with Crippen molar-refractivity contribution in [2.75, 3.05) is 33.3 Å². The minimum atomic E-state index is -0.376. The first-order valence-electron chi connectivity index (χ1n) is 9.51. The summed E-state index contributed by atoms with van der Waals surface area (Å²) in [6, 6.07) is 4.22. The van der Waals surface area contributed by atoms with E-state index < -0.39 is 0 Å². The van der Waals surface area contributed by atoms with Crippen LogP contribution in [0.3, 0.4) is 0 Å². The van der Waals surface area contributed by atoms with Gasteiger partial charge in [0.05, 0.1) is 20.0 Å². The van der Waals surface area contributed by atoms with E-state index in [0.717, 1.165) is 23.1 Å². The van der Waals surface area contributed by atoms with Crippen molar-refractivity contribution in [3.8, 4) is 0 Å². The fourth-order valence-corrected chi connectivity index (χ4v) is 3.64. The highest BCUT2D eigenvalue weighted by Crippen LogP contribution is 2.18. The molecule has 0 unspecified atom stereocenters. The van der Waals surface area contributed by atoms with Gasteiger partial charge in [0.25, 0.3) is 0 Å². The van der Waals surface area contributed by atoms with Gasteiger partial charge in [0.2, 0.25) is 11.8 Å². The molecule has 1 fully saturated rings. The number of carbonyl (C=O) groups is 3. The number of hydrogen-bond donors (Lipinski definition) is 0. The average molecular weight is 374 g/mol. The first-order chi connectivity index (χ1) is 12.8. The van der Waals surface area contributed by atoms with Crippen molar-refractivity contribution in [2.45, 2.75) is 46.5 Å². The molecule has 0 atom stereocenters. The molecule has 148 valence electrons. The van der Waals surface area contributed by atoms with E-state index in [1.807, 2.05) is 18.7 Å². The molecular formula is C21H30N2O4. The van der Waals surface area contributed by atoms with Gasteiger partial charge in [-0.15, -0.1) is 0 Å². The zero-order chi connectivity index (χ0) is 20.0. The van der Waals surface area contributed by atoms with Gasteiger partial charge < -0.3 is 14.5 Å². The number of hydrogen-bond acceptors (Lipinski definition) is 4. The van der Waals surface area contributed by atoms with E-state index in [2.05, 4.69) is 23.8 Å². The summed E-state index contributed by atoms with van der Waals surface area (Å²) in [5, 5.41) is 0. The molecule has 1 aliphatic heterocycles. The van der Waals surface area contributed by atoms with E-state index in [1.54, 1.807) is 4.90 Å². The van der Waals surface area contributed by atoms with E-state index in [-0.39, 0.29) is 30.6 Å². The summed E-state index contributed by atoms with van der Waals surface area (Å²) in [6.07, 6.45) is 1.40. The zero-order valence-corrected chi connectivity index (χ0v) is 16.8. The topological polar surface area (TPSA) is 66.9 Å². The lowest BCUT2D eigenvalue weighted by atomic mass is 9.97. The standard InChI is InChI=1S/C21H30N2O4/c1-15-12-16(2)18(17(3)13-15)14-20(25)23-9-5-8-22(10-11-23)19(24)6-7-21(26)27-4/h12-13H,5-11,14H2,1-4H3. The molecule has 1 saturated heterocycles. The van der Waals surface area contributed by atoms with Crippen LogP contribution in [0.25, 0.3) is 0 Å². The van der Waals surface area contributed by atoms with Crippen LogP contribution in [-0.4, -0.2) is 60.9 Å². The van der Waals surface area contributed by atoms with Crippen molar-refractivity contribution in [1.29, 1.82) is 0 Å². The van der Waals surface area contributed by atoms with Crippen LogP contribution in [0.15, 0.2) is 12.1 Å². The van der Waals surface area contributed by atoms with E-state index >= 15 is 0 Å². The first-order valence-corrected chi connectivity index (χ1v) is 9.51. The molecule has 0 aromatic heterocycles. The molecule has 0 radical (unpaired) electrons. The number of aryl methyl sites for hydroxylation is 3. The fraction of sp³-hybridized carbons (Fsp3) is 0.571. The number of carbonyl (C=O) groups excluding carboxylic acids is 3. The lowest BCUT2D eigenvalue weighted by Crippen LogP contribution is -2.38. The molecular weight excluding hydrogens is 344 g/mol. The summed E-state index contributed by atoms with van der Waals surface area (Å²) in [6.45, 7) is 8.48. The predicted octanol–water partition coefficient (Wildman–Crippen LogP) is 2.17. The third-order valence-electron chi connectivity index (χ3n) is 5.14. The van der Waals surface area contributed by atoms with Crippen LogP contribution in [0.4, 0.5) is 0 Å². The summed E-state index contributed by atoms with van der Waals surface area (Å²) < 4.78 is 4.58. The Bertz CT molecular complexity index is 691. The molecule has 0 N–H and O–H groups in total. The normalized spacial score (nSPS) is 14.7. The summed E-state index contributed by atoms with van der Waals surface area (Å²) >= 11 is 0. The van der Waals surface area contributed by atoms with Crippen molar-refractivity contribution in [1.82, 2.24) is 9.80 Å². The quantitative estimate of drug-likeness (QED) is 0.741. The number of rotatable bonds is 5. The molecule has 0 bridgehead atoms. The minimum absolute atomic E-state index is 0.0556. The smallest absolute Gasteiger partial charge is 0.306 e. The maximum Gasteiger partial charge on any atom is 0.306 e. The Morgan fingerprint density at radius 2 is 1.44 bits per heavy atom. The molecule has 1 aromatic rings. The van der Waals surface area contributed by atoms with Gasteiger partial charge >= 0.3 is 5.97 Å². The van der Waals surface area contributed by atoms with Gasteiger partial charge in [-0.1, -0.05) is 17.7 Å². The van der Waals surface area contributed by atoms with Gasteiger partial charge in [0.15, 0.2) is 0 Å². The van der Waals surface area contributed by atoms with E-state index in [0.29, 0.717) is 32.6 Å². The molecule has 1 aromatic carbocycles. The maximum atomic E-state index is 12.8. The Labute approximate surface area is 161 Å². The van der Waals surface area contributed by atoms with Crippen molar-refractivity contribution in [3.63, 3.8) is 0 Å². The van der Waals surface area contributed by atoms with Gasteiger partial charge in [-0.2, -0.15) is 0 Å². The highest BCUT2D eigenvalue weighted by Gasteiger charge is 2.23. The van der Waals surface area contributed by atoms with Gasteiger partial charge in [0.1, 0.15) is 0 Å². The average Bonchev–Trinajstić information content (AvgIpc) is 2.88. The summed E-state index contributed by atoms with van der Waals surface area (Å²) in [5.74, 6) is -0.326. The Hall–Kier alpha value is -2.37. The molecule has 27 heavy (non-hydrogen) atoms. The Morgan fingerprint density at radius 1 is 0.889 bits per heavy atom. The number of esters is 1. The lowest BCUT2D eigenvalue weighted by Gasteiger charge is -2.23. The summed E-state index contributed by atoms with van der Waals surface area (Å²) in [5.41, 5.74) is 4.60. The van der Waals surface area contributed by atoms with Crippen LogP contribution < -0.4 is 0 Å². The number of amides is 2. The van der Waals surface area contributed by atoms with Gasteiger partial charge in [-0.3, -0.25) is 14.4 Å². The highest BCUT2D eigenvalue weighted by atomic mass is 16.5. The second-order valence-corrected chi connectivity index (χ2v) is 7.25. The second kappa shape index (κ2) is 9.53. The molecule has 6 nitrogen and oxygen atoms in total.